The van der Waals surface area contributed by atoms with Crippen molar-refractivity contribution in [2.24, 2.45) is 0 Å². The van der Waals surface area contributed by atoms with Crippen molar-refractivity contribution < 1.29 is 23.0 Å². The van der Waals surface area contributed by atoms with Crippen LogP contribution < -0.4 is 4.74 Å². The molecule has 90 valence electrons. The van der Waals surface area contributed by atoms with Crippen molar-refractivity contribution in [2.75, 3.05) is 6.61 Å². The number of aryl methyl sites for hydroxylation is 1. The second-order valence-electron chi connectivity index (χ2n) is 3.62. The molecule has 1 rings (SSSR count). The molecule has 0 heterocycles. The van der Waals surface area contributed by atoms with Gasteiger partial charge in [-0.3, -0.25) is 0 Å². The second-order valence-corrected chi connectivity index (χ2v) is 3.62. The van der Waals surface area contributed by atoms with E-state index in [1.165, 1.54) is 13.0 Å². The van der Waals surface area contributed by atoms with E-state index in [9.17, 15) is 18.3 Å². The third kappa shape index (κ3) is 3.73. The smallest absolute Gasteiger partial charge is 0.422 e. The molecule has 0 aliphatic rings. The Morgan fingerprint density at radius 1 is 1.38 bits per heavy atom. The van der Waals surface area contributed by atoms with Crippen molar-refractivity contribution in [1.29, 1.82) is 0 Å². The van der Waals surface area contributed by atoms with Crippen LogP contribution in [0.5, 0.6) is 5.75 Å². The van der Waals surface area contributed by atoms with Gasteiger partial charge in [-0.25, -0.2) is 0 Å². The van der Waals surface area contributed by atoms with Gasteiger partial charge < -0.3 is 9.84 Å². The van der Waals surface area contributed by atoms with E-state index in [1.807, 2.05) is 0 Å². The predicted octanol–water partition coefficient (Wildman–Crippen LogP) is 2.99. The Labute approximate surface area is 91.7 Å². The first-order chi connectivity index (χ1) is 7.29. The van der Waals surface area contributed by atoms with Gasteiger partial charge in [-0.1, -0.05) is 12.1 Å². The molecule has 1 aromatic carbocycles. The highest BCUT2D eigenvalue weighted by Gasteiger charge is 2.29. The van der Waals surface area contributed by atoms with Gasteiger partial charge in [0.25, 0.3) is 0 Å². The molecule has 0 bridgehead atoms. The molecule has 0 aliphatic carbocycles. The number of aliphatic hydroxyl groups excluding tert-OH is 1. The van der Waals surface area contributed by atoms with Crippen LogP contribution in [-0.4, -0.2) is 17.9 Å². The molecule has 0 saturated carbocycles. The molecule has 1 atom stereocenters. The first kappa shape index (κ1) is 12.8. The lowest BCUT2D eigenvalue weighted by Crippen LogP contribution is -2.20. The topological polar surface area (TPSA) is 29.5 Å². The Balaban J connectivity index is 2.88. The first-order valence-corrected chi connectivity index (χ1v) is 4.78. The zero-order chi connectivity index (χ0) is 12.3. The number of rotatable bonds is 3. The molecule has 0 amide bonds. The lowest BCUT2D eigenvalue weighted by Gasteiger charge is -2.15. The normalized spacial score (nSPS) is 13.6. The number of ether oxygens (including phenoxy) is 1. The van der Waals surface area contributed by atoms with Gasteiger partial charge in [-0.05, 0) is 25.5 Å². The lowest BCUT2D eigenvalue weighted by molar-refractivity contribution is -0.153. The van der Waals surface area contributed by atoms with Crippen LogP contribution in [0.4, 0.5) is 13.2 Å². The summed E-state index contributed by atoms with van der Waals surface area (Å²) in [5, 5.41) is 9.36. The predicted molar refractivity (Wildman–Crippen MR) is 53.4 cm³/mol. The van der Waals surface area contributed by atoms with Crippen molar-refractivity contribution in [3.63, 3.8) is 0 Å². The van der Waals surface area contributed by atoms with Gasteiger partial charge in [-0.2, -0.15) is 13.2 Å². The third-order valence-electron chi connectivity index (χ3n) is 2.01. The van der Waals surface area contributed by atoms with Crippen LogP contribution in [0.15, 0.2) is 18.2 Å². The van der Waals surface area contributed by atoms with E-state index >= 15 is 0 Å². The minimum Gasteiger partial charge on any atom is -0.484 e. The average Bonchev–Trinajstić information content (AvgIpc) is 2.13. The van der Waals surface area contributed by atoms with Gasteiger partial charge in [0.15, 0.2) is 6.61 Å². The van der Waals surface area contributed by atoms with Crippen molar-refractivity contribution in [2.45, 2.75) is 26.1 Å². The number of aliphatic hydroxyl groups is 1. The van der Waals surface area contributed by atoms with E-state index in [1.54, 1.807) is 19.1 Å². The number of hydrogen-bond acceptors (Lipinski definition) is 2. The summed E-state index contributed by atoms with van der Waals surface area (Å²) < 4.78 is 40.6. The van der Waals surface area contributed by atoms with Crippen molar-refractivity contribution in [1.82, 2.24) is 0 Å². The molecule has 0 aliphatic heterocycles. The molecular weight excluding hydrogens is 221 g/mol. The van der Waals surface area contributed by atoms with Gasteiger partial charge in [-0.15, -0.1) is 0 Å². The van der Waals surface area contributed by atoms with Gasteiger partial charge >= 0.3 is 6.18 Å². The van der Waals surface area contributed by atoms with Gasteiger partial charge in [0.1, 0.15) is 5.75 Å². The van der Waals surface area contributed by atoms with E-state index in [0.29, 0.717) is 5.56 Å². The van der Waals surface area contributed by atoms with Crippen molar-refractivity contribution >= 4 is 0 Å². The van der Waals surface area contributed by atoms with Crippen LogP contribution in [0.3, 0.4) is 0 Å². The number of benzene rings is 1. The maximum absolute atomic E-state index is 12.0. The van der Waals surface area contributed by atoms with Gasteiger partial charge in [0, 0.05) is 5.56 Å². The molecular formula is C11H13F3O2. The maximum Gasteiger partial charge on any atom is 0.422 e. The van der Waals surface area contributed by atoms with Crippen LogP contribution >= 0.6 is 0 Å². The molecule has 0 aromatic heterocycles. The Hall–Kier alpha value is -1.23. The van der Waals surface area contributed by atoms with E-state index in [2.05, 4.69) is 4.74 Å². The Kier molecular flexibility index (Phi) is 3.80. The second kappa shape index (κ2) is 4.74. The molecule has 2 nitrogen and oxygen atoms in total. The Morgan fingerprint density at radius 3 is 2.50 bits per heavy atom. The van der Waals surface area contributed by atoms with E-state index < -0.39 is 18.9 Å². The summed E-state index contributed by atoms with van der Waals surface area (Å²) >= 11 is 0. The van der Waals surface area contributed by atoms with Crippen LogP contribution in [0.1, 0.15) is 24.2 Å². The standard InChI is InChI=1S/C11H13F3O2/c1-7-3-4-9(8(2)15)10(5-7)16-6-11(12,13)14/h3-5,8,15H,6H2,1-2H3. The minimum absolute atomic E-state index is 0.0762. The van der Waals surface area contributed by atoms with Crippen LogP contribution in [-0.2, 0) is 0 Å². The summed E-state index contributed by atoms with van der Waals surface area (Å²) in [7, 11) is 0. The quantitative estimate of drug-likeness (QED) is 0.871. The molecule has 5 heteroatoms. The fraction of sp³-hybridized carbons (Fsp3) is 0.455. The summed E-state index contributed by atoms with van der Waals surface area (Å²) in [6, 6.07) is 4.75. The summed E-state index contributed by atoms with van der Waals surface area (Å²) in [6.45, 7) is 1.87. The average molecular weight is 234 g/mol. The fourth-order valence-corrected chi connectivity index (χ4v) is 1.27. The molecule has 1 N–H and O–H groups in total. The Morgan fingerprint density at radius 2 is 2.00 bits per heavy atom. The molecule has 16 heavy (non-hydrogen) atoms. The van der Waals surface area contributed by atoms with Crippen molar-refractivity contribution in [3.05, 3.63) is 29.3 Å². The molecule has 1 unspecified atom stereocenters. The van der Waals surface area contributed by atoms with E-state index in [0.717, 1.165) is 5.56 Å². The lowest BCUT2D eigenvalue weighted by atomic mass is 10.1. The summed E-state index contributed by atoms with van der Waals surface area (Å²) in [4.78, 5) is 0. The fourth-order valence-electron chi connectivity index (χ4n) is 1.27. The molecule has 0 fully saturated rings. The number of halogens is 3. The summed E-state index contributed by atoms with van der Waals surface area (Å²) in [5.41, 5.74) is 1.14. The maximum atomic E-state index is 12.0. The zero-order valence-corrected chi connectivity index (χ0v) is 9.01. The number of hydrogen-bond donors (Lipinski definition) is 1. The highest BCUT2D eigenvalue weighted by Crippen LogP contribution is 2.28. The molecule has 0 spiro atoms. The number of alkyl halides is 3. The molecule has 1 aromatic rings. The SMILES string of the molecule is Cc1ccc(C(C)O)c(OCC(F)(F)F)c1. The van der Waals surface area contributed by atoms with Crippen LogP contribution in [0.25, 0.3) is 0 Å². The zero-order valence-electron chi connectivity index (χ0n) is 9.01. The van der Waals surface area contributed by atoms with E-state index in [4.69, 9.17) is 0 Å². The first-order valence-electron chi connectivity index (χ1n) is 4.78. The van der Waals surface area contributed by atoms with Gasteiger partial charge in [0.2, 0.25) is 0 Å². The molecule has 0 radical (unpaired) electrons. The van der Waals surface area contributed by atoms with Crippen molar-refractivity contribution in [3.8, 4) is 5.75 Å². The monoisotopic (exact) mass is 234 g/mol. The Bertz CT molecular complexity index is 359. The summed E-state index contributed by atoms with van der Waals surface area (Å²) in [6.07, 6.45) is -5.23. The third-order valence-corrected chi connectivity index (χ3v) is 2.01. The summed E-state index contributed by atoms with van der Waals surface area (Å²) in [5.74, 6) is 0.0762. The van der Waals surface area contributed by atoms with Gasteiger partial charge in [0.05, 0.1) is 6.10 Å². The highest BCUT2D eigenvalue weighted by molar-refractivity contribution is 5.38. The van der Waals surface area contributed by atoms with E-state index in [-0.39, 0.29) is 5.75 Å². The highest BCUT2D eigenvalue weighted by atomic mass is 19.4. The minimum atomic E-state index is -4.38. The van der Waals surface area contributed by atoms with Crippen LogP contribution in [0.2, 0.25) is 0 Å². The molecule has 0 saturated heterocycles. The van der Waals surface area contributed by atoms with Crippen LogP contribution in [0, 0.1) is 6.92 Å². The largest absolute Gasteiger partial charge is 0.484 e.